The summed E-state index contributed by atoms with van der Waals surface area (Å²) in [6.07, 6.45) is 0. The molecule has 0 fully saturated rings. The number of hydrogen-bond acceptors (Lipinski definition) is 0. The molecule has 62 heavy (non-hydrogen) atoms. The zero-order valence-electron chi connectivity index (χ0n) is 34.0. The summed E-state index contributed by atoms with van der Waals surface area (Å²) in [6.45, 7) is 0. The fourth-order valence-corrected chi connectivity index (χ4v) is 9.44. The van der Waals surface area contributed by atoms with Crippen LogP contribution in [0.5, 0.6) is 0 Å². The van der Waals surface area contributed by atoms with Gasteiger partial charge in [0, 0.05) is 32.9 Å². The van der Waals surface area contributed by atoms with Gasteiger partial charge in [-0.15, -0.1) is 0 Å². The summed E-state index contributed by atoms with van der Waals surface area (Å²) in [5, 5.41) is 4.95. The van der Waals surface area contributed by atoms with Crippen molar-refractivity contribution >= 4 is 43.6 Å². The molecule has 0 atom stereocenters. The summed E-state index contributed by atoms with van der Waals surface area (Å²) in [5.74, 6) is 0. The van der Waals surface area contributed by atoms with Gasteiger partial charge in [0.15, 0.2) is 0 Å². The van der Waals surface area contributed by atoms with E-state index in [1.807, 2.05) is 0 Å². The zero-order valence-corrected chi connectivity index (χ0v) is 34.0. The molecular formula is C60H40N2. The highest BCUT2D eigenvalue weighted by Gasteiger charge is 2.17. The Morgan fingerprint density at radius 2 is 0.435 bits per heavy atom. The molecular weight excluding hydrogens is 749 g/mol. The Morgan fingerprint density at radius 1 is 0.177 bits per heavy atom. The van der Waals surface area contributed by atoms with Gasteiger partial charge in [0.05, 0.1) is 22.1 Å². The van der Waals surface area contributed by atoms with Crippen molar-refractivity contribution in [3.8, 4) is 67.0 Å². The highest BCUT2D eigenvalue weighted by Crippen LogP contribution is 2.40. The molecule has 0 aliphatic carbocycles. The monoisotopic (exact) mass is 788 g/mol. The van der Waals surface area contributed by atoms with Crippen LogP contribution in [0.4, 0.5) is 0 Å². The third-order valence-electron chi connectivity index (χ3n) is 12.6. The lowest BCUT2D eigenvalue weighted by Crippen LogP contribution is -1.94. The number of hydrogen-bond donors (Lipinski definition) is 0. The van der Waals surface area contributed by atoms with Crippen molar-refractivity contribution in [1.29, 1.82) is 0 Å². The average molecular weight is 789 g/mol. The number of aromatic nitrogens is 2. The van der Waals surface area contributed by atoms with Gasteiger partial charge >= 0.3 is 0 Å². The molecule has 0 aliphatic rings. The lowest BCUT2D eigenvalue weighted by atomic mass is 9.98. The Bertz CT molecular complexity index is 3560. The average Bonchev–Trinajstić information content (AvgIpc) is 3.87. The van der Waals surface area contributed by atoms with E-state index in [-0.39, 0.29) is 0 Å². The molecule has 0 bridgehead atoms. The van der Waals surface area contributed by atoms with Crippen LogP contribution in [0, 0.1) is 0 Å². The first-order valence-electron chi connectivity index (χ1n) is 21.3. The van der Waals surface area contributed by atoms with Crippen molar-refractivity contribution in [1.82, 2.24) is 9.13 Å². The van der Waals surface area contributed by atoms with Crippen LogP contribution in [0.15, 0.2) is 243 Å². The van der Waals surface area contributed by atoms with E-state index in [4.69, 9.17) is 0 Å². The Kier molecular flexibility index (Phi) is 8.53. The molecule has 2 nitrogen and oxygen atoms in total. The quantitative estimate of drug-likeness (QED) is 0.152. The number of para-hydroxylation sites is 1. The van der Waals surface area contributed by atoms with E-state index in [9.17, 15) is 0 Å². The van der Waals surface area contributed by atoms with Crippen LogP contribution in [0.3, 0.4) is 0 Å². The Morgan fingerprint density at radius 3 is 0.839 bits per heavy atom. The van der Waals surface area contributed by atoms with Crippen LogP contribution in [0.25, 0.3) is 111 Å². The molecule has 10 aromatic carbocycles. The Hall–Kier alpha value is -8.20. The standard InChI is InChI=1S/C60H40N2/c1-4-12-41(13-5-1)44-20-22-47(23-21-44)48-28-35-59-55(38-48)56-40-50(30-37-60(56)62(59)52-33-26-46(27-34-52)43-16-8-3-9-17-43)49-29-36-58-54(39-49)53-18-10-11-19-57(53)61(58)51-31-24-45(25-32-51)42-14-6-2-7-15-42/h1-40H. The zero-order chi connectivity index (χ0) is 41.0. The summed E-state index contributed by atoms with van der Waals surface area (Å²) in [7, 11) is 0. The fourth-order valence-electron chi connectivity index (χ4n) is 9.44. The van der Waals surface area contributed by atoms with E-state index in [1.165, 1.54) is 99.2 Å². The highest BCUT2D eigenvalue weighted by molar-refractivity contribution is 6.13. The van der Waals surface area contributed by atoms with Gasteiger partial charge in [0.1, 0.15) is 0 Å². The van der Waals surface area contributed by atoms with Gasteiger partial charge in [-0.1, -0.05) is 176 Å². The Labute approximate surface area is 360 Å². The van der Waals surface area contributed by atoms with Gasteiger partial charge in [0.2, 0.25) is 0 Å². The van der Waals surface area contributed by atoms with Gasteiger partial charge in [-0.3, -0.25) is 0 Å². The summed E-state index contributed by atoms with van der Waals surface area (Å²) >= 11 is 0. The second-order valence-electron chi connectivity index (χ2n) is 16.2. The van der Waals surface area contributed by atoms with E-state index in [0.717, 1.165) is 11.4 Å². The van der Waals surface area contributed by atoms with Crippen LogP contribution in [-0.4, -0.2) is 9.13 Å². The second kappa shape index (κ2) is 14.8. The normalized spacial score (nSPS) is 11.5. The van der Waals surface area contributed by atoms with Crippen molar-refractivity contribution in [3.63, 3.8) is 0 Å². The summed E-state index contributed by atoms with van der Waals surface area (Å²) < 4.78 is 4.82. The van der Waals surface area contributed by atoms with E-state index in [2.05, 4.69) is 252 Å². The van der Waals surface area contributed by atoms with Crippen molar-refractivity contribution in [2.45, 2.75) is 0 Å². The van der Waals surface area contributed by atoms with E-state index >= 15 is 0 Å². The van der Waals surface area contributed by atoms with Crippen molar-refractivity contribution in [2.75, 3.05) is 0 Å². The molecule has 0 aliphatic heterocycles. The maximum atomic E-state index is 2.42. The SMILES string of the molecule is c1ccc(-c2ccc(-c3ccc4c(c3)c3cc(-c5ccc6c(c5)c5ccccc5n6-c5ccc(-c6ccccc6)cc5)ccc3n4-c3ccc(-c4ccccc4)cc3)cc2)cc1. The number of fused-ring (bicyclic) bond motifs is 6. The lowest BCUT2D eigenvalue weighted by molar-refractivity contribution is 1.18. The smallest absolute Gasteiger partial charge is 0.0541 e. The van der Waals surface area contributed by atoms with Crippen LogP contribution in [0.2, 0.25) is 0 Å². The van der Waals surface area contributed by atoms with Crippen LogP contribution >= 0.6 is 0 Å². The predicted molar refractivity (Wildman–Crippen MR) is 262 cm³/mol. The third kappa shape index (κ3) is 6.12. The predicted octanol–water partition coefficient (Wildman–Crippen LogP) is 16.2. The maximum Gasteiger partial charge on any atom is 0.0541 e. The molecule has 12 rings (SSSR count). The molecule has 0 saturated carbocycles. The van der Waals surface area contributed by atoms with E-state index in [0.29, 0.717) is 0 Å². The minimum atomic E-state index is 1.14. The lowest BCUT2D eigenvalue weighted by Gasteiger charge is -2.11. The minimum Gasteiger partial charge on any atom is -0.309 e. The number of rotatable bonds is 7. The largest absolute Gasteiger partial charge is 0.309 e. The second-order valence-corrected chi connectivity index (χ2v) is 16.2. The fraction of sp³-hybridized carbons (Fsp3) is 0. The molecule has 2 heterocycles. The molecule has 12 aromatic rings. The molecule has 0 amide bonds. The third-order valence-corrected chi connectivity index (χ3v) is 12.6. The van der Waals surface area contributed by atoms with Gasteiger partial charge in [0.25, 0.3) is 0 Å². The first kappa shape index (κ1) is 35.7. The van der Waals surface area contributed by atoms with Crippen LogP contribution < -0.4 is 0 Å². The first-order valence-corrected chi connectivity index (χ1v) is 21.3. The van der Waals surface area contributed by atoms with Crippen molar-refractivity contribution < 1.29 is 0 Å². The number of nitrogens with zero attached hydrogens (tertiary/aromatic N) is 2. The molecule has 0 unspecified atom stereocenters. The van der Waals surface area contributed by atoms with Gasteiger partial charge < -0.3 is 9.13 Å². The maximum absolute atomic E-state index is 2.42. The highest BCUT2D eigenvalue weighted by atomic mass is 15.0. The first-order chi connectivity index (χ1) is 30.7. The van der Waals surface area contributed by atoms with Crippen LogP contribution in [0.1, 0.15) is 0 Å². The van der Waals surface area contributed by atoms with E-state index < -0.39 is 0 Å². The molecule has 0 radical (unpaired) electrons. The molecule has 0 N–H and O–H groups in total. The molecule has 0 saturated heterocycles. The Balaban J connectivity index is 0.990. The summed E-state index contributed by atoms with van der Waals surface area (Å²) in [5.41, 5.74) is 19.2. The van der Waals surface area contributed by atoms with Crippen molar-refractivity contribution in [3.05, 3.63) is 243 Å². The summed E-state index contributed by atoms with van der Waals surface area (Å²) in [6, 6.07) is 88.4. The van der Waals surface area contributed by atoms with Gasteiger partial charge in [-0.2, -0.15) is 0 Å². The summed E-state index contributed by atoms with van der Waals surface area (Å²) in [4.78, 5) is 0. The van der Waals surface area contributed by atoms with Gasteiger partial charge in [-0.05, 0) is 122 Å². The van der Waals surface area contributed by atoms with Crippen LogP contribution in [-0.2, 0) is 0 Å². The van der Waals surface area contributed by atoms with Crippen molar-refractivity contribution in [2.24, 2.45) is 0 Å². The number of benzene rings is 10. The molecule has 0 spiro atoms. The van der Waals surface area contributed by atoms with E-state index in [1.54, 1.807) is 0 Å². The minimum absolute atomic E-state index is 1.14. The molecule has 290 valence electrons. The molecule has 2 heteroatoms. The topological polar surface area (TPSA) is 9.86 Å². The van der Waals surface area contributed by atoms with Gasteiger partial charge in [-0.25, -0.2) is 0 Å². The molecule has 2 aromatic heterocycles.